The Morgan fingerprint density at radius 1 is 1.60 bits per heavy atom. The van der Waals surface area contributed by atoms with Gasteiger partial charge in [0.2, 0.25) is 0 Å². The van der Waals surface area contributed by atoms with Gasteiger partial charge in [0, 0.05) is 0 Å². The first-order valence-electron chi connectivity index (χ1n) is 3.55. The topological polar surface area (TPSA) is 73.1 Å². The third kappa shape index (κ3) is 2.07. The van der Waals surface area contributed by atoms with Gasteiger partial charge in [0.1, 0.15) is 16.3 Å². The number of nitrogens with zero attached hydrogens (tertiary/aromatic N) is 2. The number of alkyl halides is 2. The van der Waals surface area contributed by atoms with Crippen LogP contribution < -0.4 is 0 Å². The van der Waals surface area contributed by atoms with Gasteiger partial charge in [-0.2, -0.15) is 0 Å². The molecule has 1 aromatic rings. The number of hydrogen-bond acceptors (Lipinski definition) is 4. The third-order valence-corrected chi connectivity index (χ3v) is 1.86. The Bertz CT molecular complexity index is 425. The van der Waals surface area contributed by atoms with Gasteiger partial charge < -0.3 is 0 Å². The molecule has 0 aliphatic carbocycles. The van der Waals surface area contributed by atoms with E-state index in [2.05, 4.69) is 4.98 Å². The first-order valence-corrected chi connectivity index (χ1v) is 3.93. The Balaban J connectivity index is 3.54. The van der Waals surface area contributed by atoms with Crippen molar-refractivity contribution in [1.29, 1.82) is 0 Å². The third-order valence-electron chi connectivity index (χ3n) is 1.58. The van der Waals surface area contributed by atoms with E-state index in [4.69, 9.17) is 11.6 Å². The Kier molecular flexibility index (Phi) is 3.25. The van der Waals surface area contributed by atoms with Gasteiger partial charge in [-0.05, 0) is 0 Å². The summed E-state index contributed by atoms with van der Waals surface area (Å²) in [4.78, 5) is 23.1. The average molecular weight is 237 g/mol. The predicted molar refractivity (Wildman–Crippen MR) is 46.2 cm³/mol. The van der Waals surface area contributed by atoms with Crippen LogP contribution in [0.3, 0.4) is 0 Å². The molecule has 0 bridgehead atoms. The fourth-order valence-corrected chi connectivity index (χ4v) is 1.20. The van der Waals surface area contributed by atoms with Gasteiger partial charge in [-0.3, -0.25) is 19.9 Å². The van der Waals surface area contributed by atoms with E-state index in [-0.39, 0.29) is 6.29 Å². The van der Waals surface area contributed by atoms with Crippen LogP contribution in [0.2, 0.25) is 5.02 Å². The molecule has 15 heavy (non-hydrogen) atoms. The molecular formula is C7H3ClF2N2O3. The molecule has 0 spiro atoms. The number of carbonyl (C=O) groups is 1. The minimum atomic E-state index is -3.07. The average Bonchev–Trinajstić information content (AvgIpc) is 2.15. The van der Waals surface area contributed by atoms with Crippen LogP contribution in [0.4, 0.5) is 14.5 Å². The van der Waals surface area contributed by atoms with Crippen LogP contribution in [-0.4, -0.2) is 16.2 Å². The predicted octanol–water partition coefficient (Wildman–Crippen LogP) is 2.39. The fourth-order valence-electron chi connectivity index (χ4n) is 0.982. The highest BCUT2D eigenvalue weighted by Gasteiger charge is 2.27. The Labute approximate surface area is 86.8 Å². The molecule has 0 fully saturated rings. The summed E-state index contributed by atoms with van der Waals surface area (Å²) in [6.45, 7) is 0. The molecule has 5 nitrogen and oxygen atoms in total. The van der Waals surface area contributed by atoms with Crippen molar-refractivity contribution in [2.24, 2.45) is 0 Å². The molecule has 1 heterocycles. The first kappa shape index (κ1) is 11.4. The van der Waals surface area contributed by atoms with Crippen LogP contribution in [0, 0.1) is 10.1 Å². The highest BCUT2D eigenvalue weighted by molar-refractivity contribution is 6.33. The normalized spacial score (nSPS) is 10.4. The van der Waals surface area contributed by atoms with Crippen LogP contribution in [-0.2, 0) is 0 Å². The molecule has 0 amide bonds. The minimum absolute atomic E-state index is 0.0570. The number of carbonyl (C=O) groups excluding carboxylic acids is 1. The maximum absolute atomic E-state index is 12.3. The van der Waals surface area contributed by atoms with E-state index in [1.54, 1.807) is 0 Å². The van der Waals surface area contributed by atoms with Crippen molar-refractivity contribution in [3.05, 3.63) is 32.6 Å². The molecular weight excluding hydrogens is 234 g/mol. The number of pyridine rings is 1. The summed E-state index contributed by atoms with van der Waals surface area (Å²) < 4.78 is 24.6. The second-order valence-electron chi connectivity index (χ2n) is 2.43. The SMILES string of the molecule is O=Cc1c(C(F)F)ncc(Cl)c1[N+](=O)[O-]. The summed E-state index contributed by atoms with van der Waals surface area (Å²) in [5.74, 6) is 0. The summed E-state index contributed by atoms with van der Waals surface area (Å²) in [5, 5.41) is 10.0. The number of nitro groups is 1. The Morgan fingerprint density at radius 3 is 2.60 bits per heavy atom. The molecule has 0 unspecified atom stereocenters. The lowest BCUT2D eigenvalue weighted by Crippen LogP contribution is -2.03. The molecule has 0 saturated heterocycles. The van der Waals surface area contributed by atoms with Crippen LogP contribution in [0.5, 0.6) is 0 Å². The monoisotopic (exact) mass is 236 g/mol. The first-order chi connectivity index (χ1) is 6.99. The Hall–Kier alpha value is -1.63. The van der Waals surface area contributed by atoms with E-state index in [1.165, 1.54) is 0 Å². The van der Waals surface area contributed by atoms with E-state index in [1.807, 2.05) is 0 Å². The van der Waals surface area contributed by atoms with E-state index in [0.717, 1.165) is 0 Å². The molecule has 80 valence electrons. The molecule has 0 aromatic carbocycles. The molecule has 0 radical (unpaired) electrons. The van der Waals surface area contributed by atoms with Gasteiger partial charge >= 0.3 is 5.69 Å². The van der Waals surface area contributed by atoms with E-state index in [9.17, 15) is 23.7 Å². The van der Waals surface area contributed by atoms with Gasteiger partial charge in [-0.25, -0.2) is 8.78 Å². The van der Waals surface area contributed by atoms with Crippen molar-refractivity contribution in [2.45, 2.75) is 6.43 Å². The maximum atomic E-state index is 12.3. The van der Waals surface area contributed by atoms with Crippen molar-refractivity contribution in [2.75, 3.05) is 0 Å². The summed E-state index contributed by atoms with van der Waals surface area (Å²) in [6, 6.07) is 0. The highest BCUT2D eigenvalue weighted by Crippen LogP contribution is 2.32. The van der Waals surface area contributed by atoms with Crippen LogP contribution in [0.25, 0.3) is 0 Å². The van der Waals surface area contributed by atoms with Gasteiger partial charge in [0.15, 0.2) is 6.29 Å². The highest BCUT2D eigenvalue weighted by atomic mass is 35.5. The van der Waals surface area contributed by atoms with Crippen molar-refractivity contribution in [3.8, 4) is 0 Å². The van der Waals surface area contributed by atoms with Crippen molar-refractivity contribution < 1.29 is 18.5 Å². The zero-order valence-corrected chi connectivity index (χ0v) is 7.74. The number of hydrogen-bond donors (Lipinski definition) is 0. The zero-order chi connectivity index (χ0) is 11.6. The van der Waals surface area contributed by atoms with E-state index in [0.29, 0.717) is 6.20 Å². The maximum Gasteiger partial charge on any atom is 0.301 e. The van der Waals surface area contributed by atoms with Crippen molar-refractivity contribution >= 4 is 23.6 Å². The smallest absolute Gasteiger partial charge is 0.298 e. The van der Waals surface area contributed by atoms with E-state index >= 15 is 0 Å². The van der Waals surface area contributed by atoms with Crippen molar-refractivity contribution in [3.63, 3.8) is 0 Å². The largest absolute Gasteiger partial charge is 0.301 e. The summed E-state index contributed by atoms with van der Waals surface area (Å²) in [7, 11) is 0. The summed E-state index contributed by atoms with van der Waals surface area (Å²) in [6.07, 6.45) is -2.41. The molecule has 0 atom stereocenters. The molecule has 0 saturated carbocycles. The Morgan fingerprint density at radius 2 is 2.20 bits per heavy atom. The quantitative estimate of drug-likeness (QED) is 0.459. The van der Waals surface area contributed by atoms with Crippen LogP contribution >= 0.6 is 11.6 Å². The number of halogens is 3. The second-order valence-corrected chi connectivity index (χ2v) is 2.84. The van der Waals surface area contributed by atoms with Gasteiger partial charge in [0.05, 0.1) is 11.1 Å². The van der Waals surface area contributed by atoms with Gasteiger partial charge in [0.25, 0.3) is 6.43 Å². The standard InChI is InChI=1S/C7H3ClF2N2O3/c8-4-1-11-5(7(9)10)3(2-13)6(4)12(14)15/h1-2,7H. The van der Waals surface area contributed by atoms with E-state index < -0.39 is 33.3 Å². The molecule has 1 aromatic heterocycles. The number of aldehydes is 1. The lowest BCUT2D eigenvalue weighted by Gasteiger charge is -2.03. The fraction of sp³-hybridized carbons (Fsp3) is 0.143. The second kappa shape index (κ2) is 4.26. The van der Waals surface area contributed by atoms with Crippen LogP contribution in [0.15, 0.2) is 6.20 Å². The molecule has 8 heteroatoms. The van der Waals surface area contributed by atoms with Crippen LogP contribution in [0.1, 0.15) is 22.5 Å². The molecule has 0 N–H and O–H groups in total. The molecule has 1 rings (SSSR count). The minimum Gasteiger partial charge on any atom is -0.298 e. The summed E-state index contributed by atoms with van der Waals surface area (Å²) in [5.41, 5.74) is -2.58. The lowest BCUT2D eigenvalue weighted by atomic mass is 10.2. The molecule has 0 aliphatic heterocycles. The molecule has 0 aliphatic rings. The van der Waals surface area contributed by atoms with Crippen molar-refractivity contribution in [1.82, 2.24) is 4.98 Å². The zero-order valence-electron chi connectivity index (χ0n) is 6.99. The lowest BCUT2D eigenvalue weighted by molar-refractivity contribution is -0.385. The van der Waals surface area contributed by atoms with Gasteiger partial charge in [-0.1, -0.05) is 11.6 Å². The van der Waals surface area contributed by atoms with Gasteiger partial charge in [-0.15, -0.1) is 0 Å². The number of aromatic nitrogens is 1. The summed E-state index contributed by atoms with van der Waals surface area (Å²) >= 11 is 5.37. The number of rotatable bonds is 3.